The van der Waals surface area contributed by atoms with E-state index in [-0.39, 0.29) is 16.3 Å². The van der Waals surface area contributed by atoms with Gasteiger partial charge >= 0.3 is 0 Å². The van der Waals surface area contributed by atoms with Crippen LogP contribution in [0.3, 0.4) is 0 Å². The Morgan fingerprint density at radius 2 is 1.92 bits per heavy atom. The number of thioether (sulfide) groups is 1. The van der Waals surface area contributed by atoms with Crippen molar-refractivity contribution in [1.82, 2.24) is 9.55 Å². The van der Waals surface area contributed by atoms with Crippen molar-refractivity contribution in [2.45, 2.75) is 24.3 Å². The van der Waals surface area contributed by atoms with E-state index in [1.807, 2.05) is 13.8 Å². The molecule has 2 aromatic carbocycles. The molecule has 0 saturated carbocycles. The molecule has 3 rings (SSSR count). The topological polar surface area (TPSA) is 34.9 Å². The fraction of sp³-hybridized carbons (Fsp3) is 0.176. The predicted octanol–water partition coefficient (Wildman–Crippen LogP) is 4.82. The molecule has 0 unspecified atom stereocenters. The van der Waals surface area contributed by atoms with Crippen LogP contribution in [0.15, 0.2) is 46.3 Å². The van der Waals surface area contributed by atoms with Gasteiger partial charge in [0.15, 0.2) is 5.16 Å². The average Bonchev–Trinajstić information content (AvgIpc) is 2.49. The maximum atomic E-state index is 14.3. The van der Waals surface area contributed by atoms with Gasteiger partial charge in [0.25, 0.3) is 5.56 Å². The zero-order valence-corrected chi connectivity index (χ0v) is 14.5. The van der Waals surface area contributed by atoms with E-state index >= 15 is 0 Å². The maximum Gasteiger partial charge on any atom is 0.266 e. The van der Waals surface area contributed by atoms with E-state index in [0.29, 0.717) is 15.7 Å². The summed E-state index contributed by atoms with van der Waals surface area (Å²) in [4.78, 5) is 17.4. The van der Waals surface area contributed by atoms with E-state index in [4.69, 9.17) is 11.6 Å². The van der Waals surface area contributed by atoms with Crippen molar-refractivity contribution in [2.75, 3.05) is 0 Å². The Morgan fingerprint density at radius 3 is 2.58 bits per heavy atom. The SMILES string of the molecule is CC(C)Sc1nc2ccc(Cl)cc2c(=O)n1-c1ccc(F)cc1F. The highest BCUT2D eigenvalue weighted by Gasteiger charge is 2.17. The zero-order chi connectivity index (χ0) is 17.4. The summed E-state index contributed by atoms with van der Waals surface area (Å²) >= 11 is 7.28. The van der Waals surface area contributed by atoms with Crippen LogP contribution in [-0.4, -0.2) is 14.8 Å². The molecule has 0 amide bonds. The molecule has 0 N–H and O–H groups in total. The van der Waals surface area contributed by atoms with Crippen LogP contribution in [0.1, 0.15) is 13.8 Å². The van der Waals surface area contributed by atoms with E-state index in [9.17, 15) is 13.6 Å². The molecule has 3 aromatic rings. The molecule has 0 bridgehead atoms. The highest BCUT2D eigenvalue weighted by Crippen LogP contribution is 2.26. The van der Waals surface area contributed by atoms with Crippen LogP contribution < -0.4 is 5.56 Å². The summed E-state index contributed by atoms with van der Waals surface area (Å²) in [6.45, 7) is 3.88. The molecule has 0 spiro atoms. The second-order valence-corrected chi connectivity index (χ2v) is 7.44. The molecular formula is C17H13ClF2N2OS. The van der Waals surface area contributed by atoms with Crippen LogP contribution in [0, 0.1) is 11.6 Å². The molecule has 0 saturated heterocycles. The van der Waals surface area contributed by atoms with Crippen molar-refractivity contribution in [3.05, 3.63) is 63.4 Å². The molecular weight excluding hydrogens is 354 g/mol. The Labute approximate surface area is 146 Å². The lowest BCUT2D eigenvalue weighted by Gasteiger charge is -2.15. The molecule has 3 nitrogen and oxygen atoms in total. The number of aromatic nitrogens is 2. The lowest BCUT2D eigenvalue weighted by Crippen LogP contribution is -2.23. The Hall–Kier alpha value is -1.92. The molecule has 0 radical (unpaired) electrons. The van der Waals surface area contributed by atoms with Crippen LogP contribution in [0.2, 0.25) is 5.02 Å². The normalized spacial score (nSPS) is 11.4. The Bertz CT molecular complexity index is 988. The average molecular weight is 367 g/mol. The number of rotatable bonds is 3. The summed E-state index contributed by atoms with van der Waals surface area (Å²) in [5.41, 5.74) is -0.0126. The van der Waals surface area contributed by atoms with Gasteiger partial charge in [0.05, 0.1) is 16.6 Å². The van der Waals surface area contributed by atoms with Crippen LogP contribution in [-0.2, 0) is 0 Å². The third-order valence-corrected chi connectivity index (χ3v) is 4.48. The first-order valence-electron chi connectivity index (χ1n) is 7.21. The van der Waals surface area contributed by atoms with E-state index in [1.54, 1.807) is 12.1 Å². The van der Waals surface area contributed by atoms with Gasteiger partial charge in [0.2, 0.25) is 0 Å². The molecule has 7 heteroatoms. The predicted molar refractivity (Wildman–Crippen MR) is 93.3 cm³/mol. The molecule has 124 valence electrons. The summed E-state index contributed by atoms with van der Waals surface area (Å²) < 4.78 is 28.6. The summed E-state index contributed by atoms with van der Waals surface area (Å²) in [5.74, 6) is -1.54. The molecule has 0 aliphatic rings. The van der Waals surface area contributed by atoms with Gasteiger partial charge in [-0.3, -0.25) is 9.36 Å². The maximum absolute atomic E-state index is 14.3. The second-order valence-electron chi connectivity index (χ2n) is 5.46. The Kier molecular flexibility index (Phi) is 4.60. The van der Waals surface area contributed by atoms with Gasteiger partial charge in [-0.05, 0) is 30.3 Å². The van der Waals surface area contributed by atoms with Gasteiger partial charge in [0, 0.05) is 16.3 Å². The van der Waals surface area contributed by atoms with E-state index in [2.05, 4.69) is 4.98 Å². The zero-order valence-electron chi connectivity index (χ0n) is 12.9. The van der Waals surface area contributed by atoms with Crippen molar-refractivity contribution >= 4 is 34.3 Å². The number of hydrogen-bond donors (Lipinski definition) is 0. The standard InChI is InChI=1S/C17H13ClF2N2OS/c1-9(2)24-17-21-14-5-3-10(18)7-12(14)16(23)22(17)15-6-4-11(19)8-13(15)20/h3-9H,1-2H3. The first-order chi connectivity index (χ1) is 11.4. The van der Waals surface area contributed by atoms with Crippen LogP contribution in [0.4, 0.5) is 8.78 Å². The Balaban J connectivity index is 2.38. The first-order valence-corrected chi connectivity index (χ1v) is 8.47. The molecule has 0 aliphatic carbocycles. The molecule has 1 heterocycles. The molecule has 0 atom stereocenters. The van der Waals surface area contributed by atoms with Crippen molar-refractivity contribution in [2.24, 2.45) is 0 Å². The van der Waals surface area contributed by atoms with Crippen LogP contribution >= 0.6 is 23.4 Å². The second kappa shape index (κ2) is 6.53. The van der Waals surface area contributed by atoms with Gasteiger partial charge in [-0.1, -0.05) is 37.2 Å². The fourth-order valence-electron chi connectivity index (χ4n) is 2.30. The minimum Gasteiger partial charge on any atom is -0.268 e. The summed E-state index contributed by atoms with van der Waals surface area (Å²) in [6.07, 6.45) is 0. The smallest absolute Gasteiger partial charge is 0.266 e. The lowest BCUT2D eigenvalue weighted by atomic mass is 10.2. The monoisotopic (exact) mass is 366 g/mol. The fourth-order valence-corrected chi connectivity index (χ4v) is 3.33. The van der Waals surface area contributed by atoms with E-state index < -0.39 is 17.2 Å². The first kappa shape index (κ1) is 16.9. The number of benzene rings is 2. The number of fused-ring (bicyclic) bond motifs is 1. The third-order valence-electron chi connectivity index (χ3n) is 3.29. The highest BCUT2D eigenvalue weighted by molar-refractivity contribution is 7.99. The third kappa shape index (κ3) is 3.16. The van der Waals surface area contributed by atoms with Crippen molar-refractivity contribution in [3.63, 3.8) is 0 Å². The molecule has 1 aromatic heterocycles. The minimum atomic E-state index is -0.828. The Morgan fingerprint density at radius 1 is 1.17 bits per heavy atom. The van der Waals surface area contributed by atoms with Gasteiger partial charge in [0.1, 0.15) is 11.6 Å². The number of hydrogen-bond acceptors (Lipinski definition) is 3. The van der Waals surface area contributed by atoms with Gasteiger partial charge in [-0.15, -0.1) is 0 Å². The quantitative estimate of drug-likeness (QED) is 0.492. The van der Waals surface area contributed by atoms with Crippen molar-refractivity contribution in [1.29, 1.82) is 0 Å². The van der Waals surface area contributed by atoms with Gasteiger partial charge < -0.3 is 0 Å². The van der Waals surface area contributed by atoms with E-state index in [0.717, 1.165) is 16.7 Å². The van der Waals surface area contributed by atoms with Gasteiger partial charge in [-0.25, -0.2) is 13.8 Å². The number of halogens is 3. The lowest BCUT2D eigenvalue weighted by molar-refractivity contribution is 0.572. The largest absolute Gasteiger partial charge is 0.268 e. The summed E-state index contributed by atoms with van der Waals surface area (Å²) in [6, 6.07) is 7.87. The van der Waals surface area contributed by atoms with Crippen LogP contribution in [0.25, 0.3) is 16.6 Å². The van der Waals surface area contributed by atoms with E-state index in [1.165, 1.54) is 23.9 Å². The molecule has 24 heavy (non-hydrogen) atoms. The summed E-state index contributed by atoms with van der Waals surface area (Å²) in [7, 11) is 0. The van der Waals surface area contributed by atoms with Gasteiger partial charge in [-0.2, -0.15) is 0 Å². The molecule has 0 aliphatic heterocycles. The van der Waals surface area contributed by atoms with Crippen LogP contribution in [0.5, 0.6) is 0 Å². The minimum absolute atomic E-state index is 0.0427. The van der Waals surface area contributed by atoms with Crippen molar-refractivity contribution in [3.8, 4) is 5.69 Å². The number of nitrogens with zero attached hydrogens (tertiary/aromatic N) is 2. The van der Waals surface area contributed by atoms with Crippen molar-refractivity contribution < 1.29 is 8.78 Å². The summed E-state index contributed by atoms with van der Waals surface area (Å²) in [5, 5.41) is 1.13. The highest BCUT2D eigenvalue weighted by atomic mass is 35.5. The molecule has 0 fully saturated rings.